The standard InChI is InChI=1S/C29H25F4N3O3/c1-38-26-13-22-18(8-10-34-25(22)14-27(26)39-2)16-36-11-9-20-17(15-36)4-3-5-21(20)28(37)35-19-6-7-24(30)23(12-19)29(31,32)33/h3-8,10,12-14H,9,11,15-16H2,1-2H3,(H,35,37). The van der Waals surface area contributed by atoms with Gasteiger partial charge in [-0.3, -0.25) is 14.7 Å². The molecule has 0 atom stereocenters. The second kappa shape index (κ2) is 10.5. The summed E-state index contributed by atoms with van der Waals surface area (Å²) in [6.45, 7) is 1.89. The first-order chi connectivity index (χ1) is 18.7. The molecule has 1 amide bonds. The monoisotopic (exact) mass is 539 g/mol. The Morgan fingerprint density at radius 1 is 1.05 bits per heavy atom. The molecular formula is C29H25F4N3O3. The number of hydrogen-bond donors (Lipinski definition) is 1. The number of halogens is 4. The molecule has 39 heavy (non-hydrogen) atoms. The van der Waals surface area contributed by atoms with Gasteiger partial charge in [0.15, 0.2) is 11.5 Å². The first-order valence-electron chi connectivity index (χ1n) is 12.2. The van der Waals surface area contributed by atoms with E-state index in [2.05, 4.69) is 15.2 Å². The van der Waals surface area contributed by atoms with Gasteiger partial charge in [0.1, 0.15) is 5.82 Å². The van der Waals surface area contributed by atoms with Crippen LogP contribution >= 0.6 is 0 Å². The number of fused-ring (bicyclic) bond motifs is 2. The third-order valence-corrected chi connectivity index (χ3v) is 6.85. The second-order valence-electron chi connectivity index (χ2n) is 9.24. The van der Waals surface area contributed by atoms with Gasteiger partial charge in [0, 0.05) is 48.5 Å². The molecule has 3 aromatic carbocycles. The summed E-state index contributed by atoms with van der Waals surface area (Å²) < 4.78 is 63.8. The van der Waals surface area contributed by atoms with Crippen molar-refractivity contribution in [2.75, 3.05) is 26.1 Å². The molecule has 0 fully saturated rings. The van der Waals surface area contributed by atoms with Crippen LogP contribution in [0.4, 0.5) is 23.2 Å². The number of hydrogen-bond acceptors (Lipinski definition) is 5. The fraction of sp³-hybridized carbons (Fsp3) is 0.241. The molecule has 0 radical (unpaired) electrons. The van der Waals surface area contributed by atoms with Crippen molar-refractivity contribution in [1.82, 2.24) is 9.88 Å². The van der Waals surface area contributed by atoms with E-state index in [-0.39, 0.29) is 5.69 Å². The van der Waals surface area contributed by atoms with Gasteiger partial charge < -0.3 is 14.8 Å². The lowest BCUT2D eigenvalue weighted by Gasteiger charge is -2.30. The number of anilines is 1. The summed E-state index contributed by atoms with van der Waals surface area (Å²) in [6.07, 6.45) is -2.53. The zero-order chi connectivity index (χ0) is 27.7. The number of amides is 1. The molecule has 0 spiro atoms. The molecule has 1 aliphatic heterocycles. The summed E-state index contributed by atoms with van der Waals surface area (Å²) in [5.41, 5.74) is 2.49. The third-order valence-electron chi connectivity index (χ3n) is 6.85. The number of alkyl halides is 3. The number of carbonyl (C=O) groups excluding carboxylic acids is 1. The molecule has 6 nitrogen and oxygen atoms in total. The van der Waals surface area contributed by atoms with E-state index in [4.69, 9.17) is 9.47 Å². The van der Waals surface area contributed by atoms with E-state index in [0.29, 0.717) is 55.3 Å². The smallest absolute Gasteiger partial charge is 0.419 e. The lowest BCUT2D eigenvalue weighted by Crippen LogP contribution is -2.31. The summed E-state index contributed by atoms with van der Waals surface area (Å²) in [4.78, 5) is 19.8. The van der Waals surface area contributed by atoms with E-state index < -0.39 is 23.5 Å². The molecule has 0 aliphatic carbocycles. The Hall–Kier alpha value is -4.18. The fourth-order valence-corrected chi connectivity index (χ4v) is 4.94. The highest BCUT2D eigenvalue weighted by molar-refractivity contribution is 6.05. The van der Waals surface area contributed by atoms with Crippen LogP contribution in [0.25, 0.3) is 10.9 Å². The van der Waals surface area contributed by atoms with Crippen LogP contribution in [0, 0.1) is 5.82 Å². The number of benzene rings is 3. The SMILES string of the molecule is COc1cc2nccc(CN3CCc4c(cccc4C(=O)Nc4ccc(F)c(C(F)(F)F)c4)C3)c2cc1OC. The van der Waals surface area contributed by atoms with Crippen LogP contribution in [0.3, 0.4) is 0 Å². The Balaban J connectivity index is 1.36. The van der Waals surface area contributed by atoms with Gasteiger partial charge in [0.2, 0.25) is 0 Å². The lowest BCUT2D eigenvalue weighted by atomic mass is 9.93. The zero-order valence-corrected chi connectivity index (χ0v) is 21.2. The van der Waals surface area contributed by atoms with Crippen molar-refractivity contribution in [1.29, 1.82) is 0 Å². The normalized spacial score (nSPS) is 13.7. The van der Waals surface area contributed by atoms with Gasteiger partial charge in [-0.05, 0) is 59.5 Å². The van der Waals surface area contributed by atoms with E-state index in [1.807, 2.05) is 24.3 Å². The minimum Gasteiger partial charge on any atom is -0.493 e. The Morgan fingerprint density at radius 2 is 1.82 bits per heavy atom. The van der Waals surface area contributed by atoms with Crippen LogP contribution in [-0.2, 0) is 25.7 Å². The van der Waals surface area contributed by atoms with Crippen molar-refractivity contribution in [3.63, 3.8) is 0 Å². The molecule has 0 bridgehead atoms. The molecule has 10 heteroatoms. The predicted molar refractivity (Wildman–Crippen MR) is 138 cm³/mol. The summed E-state index contributed by atoms with van der Waals surface area (Å²) in [5, 5.41) is 3.44. The molecule has 0 saturated carbocycles. The molecule has 4 aromatic rings. The van der Waals surface area contributed by atoms with Gasteiger partial charge in [0.05, 0.1) is 25.3 Å². The van der Waals surface area contributed by atoms with Gasteiger partial charge in [-0.15, -0.1) is 0 Å². The van der Waals surface area contributed by atoms with E-state index in [1.165, 1.54) is 0 Å². The molecule has 1 N–H and O–H groups in total. The van der Waals surface area contributed by atoms with Crippen molar-refractivity contribution in [3.05, 3.63) is 94.4 Å². The van der Waals surface area contributed by atoms with Crippen LogP contribution in [-0.4, -0.2) is 36.6 Å². The minimum atomic E-state index is -4.86. The van der Waals surface area contributed by atoms with E-state index in [1.54, 1.807) is 32.5 Å². The van der Waals surface area contributed by atoms with E-state index in [9.17, 15) is 22.4 Å². The average molecular weight is 540 g/mol. The van der Waals surface area contributed by atoms with Crippen LogP contribution in [0.1, 0.15) is 32.6 Å². The number of rotatable bonds is 6. The van der Waals surface area contributed by atoms with Gasteiger partial charge >= 0.3 is 6.18 Å². The highest BCUT2D eigenvalue weighted by Gasteiger charge is 2.34. The van der Waals surface area contributed by atoms with Gasteiger partial charge in [-0.2, -0.15) is 13.2 Å². The molecule has 202 valence electrons. The molecule has 5 rings (SSSR count). The van der Waals surface area contributed by atoms with E-state index >= 15 is 0 Å². The fourth-order valence-electron chi connectivity index (χ4n) is 4.94. The summed E-state index contributed by atoms with van der Waals surface area (Å²) in [7, 11) is 3.16. The van der Waals surface area contributed by atoms with E-state index in [0.717, 1.165) is 33.7 Å². The molecule has 0 saturated heterocycles. The second-order valence-corrected chi connectivity index (χ2v) is 9.24. The Morgan fingerprint density at radius 3 is 2.56 bits per heavy atom. The van der Waals surface area contributed by atoms with Crippen molar-refractivity contribution in [3.8, 4) is 11.5 Å². The number of aromatic nitrogens is 1. The maximum Gasteiger partial charge on any atom is 0.419 e. The Bertz CT molecular complexity index is 1560. The van der Waals surface area contributed by atoms with Gasteiger partial charge in [0.25, 0.3) is 5.91 Å². The summed E-state index contributed by atoms with van der Waals surface area (Å²) in [5.74, 6) is -0.719. The predicted octanol–water partition coefficient (Wildman–Crippen LogP) is 6.22. The Kier molecular flexibility index (Phi) is 7.14. The van der Waals surface area contributed by atoms with Crippen molar-refractivity contribution >= 4 is 22.5 Å². The van der Waals surface area contributed by atoms with Crippen LogP contribution in [0.5, 0.6) is 11.5 Å². The number of ether oxygens (including phenoxy) is 2. The average Bonchev–Trinajstić information content (AvgIpc) is 2.92. The van der Waals surface area contributed by atoms with Crippen LogP contribution < -0.4 is 14.8 Å². The number of nitrogens with one attached hydrogen (secondary N) is 1. The van der Waals surface area contributed by atoms with Crippen molar-refractivity contribution in [2.45, 2.75) is 25.7 Å². The quantitative estimate of drug-likeness (QED) is 0.295. The number of carbonyl (C=O) groups is 1. The zero-order valence-electron chi connectivity index (χ0n) is 21.2. The number of pyridine rings is 1. The van der Waals surface area contributed by atoms with Gasteiger partial charge in [-0.1, -0.05) is 12.1 Å². The molecular weight excluding hydrogens is 514 g/mol. The highest BCUT2D eigenvalue weighted by atomic mass is 19.4. The maximum atomic E-state index is 13.6. The molecule has 1 aliphatic rings. The largest absolute Gasteiger partial charge is 0.493 e. The first-order valence-corrected chi connectivity index (χ1v) is 12.2. The lowest BCUT2D eigenvalue weighted by molar-refractivity contribution is -0.139. The third kappa shape index (κ3) is 5.37. The van der Waals surface area contributed by atoms with Crippen LogP contribution in [0.15, 0.2) is 60.8 Å². The Labute approximate surface area is 222 Å². The topological polar surface area (TPSA) is 63.7 Å². The van der Waals surface area contributed by atoms with Crippen LogP contribution in [0.2, 0.25) is 0 Å². The summed E-state index contributed by atoms with van der Waals surface area (Å²) in [6, 6.07) is 13.5. The molecule has 2 heterocycles. The van der Waals surface area contributed by atoms with Crippen molar-refractivity contribution in [2.24, 2.45) is 0 Å². The maximum absolute atomic E-state index is 13.6. The highest BCUT2D eigenvalue weighted by Crippen LogP contribution is 2.35. The van der Waals surface area contributed by atoms with Gasteiger partial charge in [-0.25, -0.2) is 4.39 Å². The number of methoxy groups -OCH3 is 2. The number of nitrogens with zero attached hydrogens (tertiary/aromatic N) is 2. The molecule has 0 unspecified atom stereocenters. The van der Waals surface area contributed by atoms with Crippen molar-refractivity contribution < 1.29 is 31.8 Å². The summed E-state index contributed by atoms with van der Waals surface area (Å²) >= 11 is 0. The first kappa shape index (κ1) is 26.4. The minimum absolute atomic E-state index is 0.125. The molecule has 1 aromatic heterocycles.